The number of aryl methyl sites for hydroxylation is 1. The fourth-order valence-corrected chi connectivity index (χ4v) is 5.63. The van der Waals surface area contributed by atoms with E-state index in [0.717, 1.165) is 36.5 Å². The summed E-state index contributed by atoms with van der Waals surface area (Å²) in [6.07, 6.45) is 4.51. The monoisotopic (exact) mass is 286 g/mol. The SMILES string of the molecule is CCCc1cc(O)c2c(c1)O[C@]1(C)CCC3C1[C@@H]2C3(C)C. The van der Waals surface area contributed by atoms with E-state index in [1.165, 1.54) is 12.0 Å². The van der Waals surface area contributed by atoms with Gasteiger partial charge < -0.3 is 9.84 Å². The van der Waals surface area contributed by atoms with Crippen molar-refractivity contribution in [1.29, 1.82) is 0 Å². The third-order valence-corrected chi connectivity index (χ3v) is 6.58. The van der Waals surface area contributed by atoms with Gasteiger partial charge in [-0.1, -0.05) is 27.2 Å². The predicted octanol–water partition coefficient (Wildman–Crippen LogP) is 4.65. The summed E-state index contributed by atoms with van der Waals surface area (Å²) in [4.78, 5) is 0. The van der Waals surface area contributed by atoms with Gasteiger partial charge in [-0.15, -0.1) is 0 Å². The Bertz CT molecular complexity index is 604. The molecular weight excluding hydrogens is 260 g/mol. The molecule has 2 heteroatoms. The van der Waals surface area contributed by atoms with E-state index < -0.39 is 0 Å². The van der Waals surface area contributed by atoms with Crippen molar-refractivity contribution < 1.29 is 9.84 Å². The topological polar surface area (TPSA) is 29.5 Å². The molecule has 2 fully saturated rings. The van der Waals surface area contributed by atoms with Gasteiger partial charge in [0.25, 0.3) is 0 Å². The van der Waals surface area contributed by atoms with Gasteiger partial charge in [0, 0.05) is 17.4 Å². The molecule has 0 spiro atoms. The lowest BCUT2D eigenvalue weighted by molar-refractivity contribution is -0.121. The van der Waals surface area contributed by atoms with E-state index in [1.807, 2.05) is 6.07 Å². The first kappa shape index (κ1) is 13.5. The first-order chi connectivity index (χ1) is 9.88. The minimum absolute atomic E-state index is 0.0187. The van der Waals surface area contributed by atoms with Crippen molar-refractivity contribution in [2.45, 2.75) is 64.9 Å². The van der Waals surface area contributed by atoms with Gasteiger partial charge in [0.05, 0.1) is 0 Å². The van der Waals surface area contributed by atoms with E-state index in [9.17, 15) is 5.11 Å². The van der Waals surface area contributed by atoms with Gasteiger partial charge in [0.1, 0.15) is 17.1 Å². The third-order valence-electron chi connectivity index (χ3n) is 6.58. The molecule has 1 heterocycles. The number of aromatic hydroxyl groups is 1. The van der Waals surface area contributed by atoms with Crippen LogP contribution < -0.4 is 4.74 Å². The van der Waals surface area contributed by atoms with Crippen molar-refractivity contribution in [3.05, 3.63) is 23.3 Å². The van der Waals surface area contributed by atoms with Gasteiger partial charge >= 0.3 is 0 Å². The first-order valence-electron chi connectivity index (χ1n) is 8.43. The summed E-state index contributed by atoms with van der Waals surface area (Å²) < 4.78 is 6.45. The maximum atomic E-state index is 10.6. The van der Waals surface area contributed by atoms with Crippen LogP contribution in [0.2, 0.25) is 0 Å². The summed E-state index contributed by atoms with van der Waals surface area (Å²) in [5, 5.41) is 10.6. The lowest BCUT2D eigenvalue weighted by atomic mass is 9.45. The molecular formula is C19H26O2. The zero-order valence-electron chi connectivity index (χ0n) is 13.6. The maximum Gasteiger partial charge on any atom is 0.127 e. The molecule has 0 amide bonds. The highest BCUT2D eigenvalue weighted by Gasteiger charge is 2.69. The lowest BCUT2D eigenvalue weighted by Crippen LogP contribution is -2.59. The summed E-state index contributed by atoms with van der Waals surface area (Å²) in [5.74, 6) is 3.20. The Morgan fingerprint density at radius 1 is 1.29 bits per heavy atom. The molecule has 3 aliphatic rings. The van der Waals surface area contributed by atoms with Crippen LogP contribution in [0.3, 0.4) is 0 Å². The zero-order valence-corrected chi connectivity index (χ0v) is 13.6. The lowest BCUT2D eigenvalue weighted by Gasteiger charge is -2.62. The number of phenolic OH excluding ortho intramolecular Hbond substituents is 1. The number of benzene rings is 1. The number of ether oxygens (including phenoxy) is 1. The van der Waals surface area contributed by atoms with Crippen LogP contribution in [0.4, 0.5) is 0 Å². The minimum Gasteiger partial charge on any atom is -0.508 e. The molecule has 4 rings (SSSR count). The van der Waals surface area contributed by atoms with E-state index >= 15 is 0 Å². The van der Waals surface area contributed by atoms with Crippen molar-refractivity contribution >= 4 is 0 Å². The Hall–Kier alpha value is -1.18. The predicted molar refractivity (Wildman–Crippen MR) is 83.9 cm³/mol. The molecule has 1 aromatic rings. The molecule has 1 aliphatic heterocycles. The fraction of sp³-hybridized carbons (Fsp3) is 0.684. The van der Waals surface area contributed by atoms with Crippen molar-refractivity contribution in [2.24, 2.45) is 17.3 Å². The second-order valence-electron chi connectivity index (χ2n) is 8.16. The Labute approximate surface area is 127 Å². The Kier molecular flexibility index (Phi) is 2.55. The molecule has 1 aromatic carbocycles. The quantitative estimate of drug-likeness (QED) is 0.857. The highest BCUT2D eigenvalue weighted by molar-refractivity contribution is 5.55. The second kappa shape index (κ2) is 3.97. The van der Waals surface area contributed by atoms with E-state index in [0.29, 0.717) is 17.6 Å². The van der Waals surface area contributed by atoms with Crippen LogP contribution in [0, 0.1) is 17.3 Å². The Morgan fingerprint density at radius 3 is 2.76 bits per heavy atom. The molecule has 0 saturated heterocycles. The van der Waals surface area contributed by atoms with Crippen LogP contribution in [-0.2, 0) is 6.42 Å². The third kappa shape index (κ3) is 1.54. The largest absolute Gasteiger partial charge is 0.508 e. The first-order valence-corrected chi connectivity index (χ1v) is 8.43. The molecule has 114 valence electrons. The van der Waals surface area contributed by atoms with Crippen molar-refractivity contribution in [3.8, 4) is 11.5 Å². The smallest absolute Gasteiger partial charge is 0.127 e. The molecule has 0 bridgehead atoms. The second-order valence-corrected chi connectivity index (χ2v) is 8.16. The van der Waals surface area contributed by atoms with Crippen molar-refractivity contribution in [3.63, 3.8) is 0 Å². The summed E-state index contributed by atoms with van der Waals surface area (Å²) in [6, 6.07) is 4.15. The zero-order chi connectivity index (χ0) is 15.0. The molecule has 2 aliphatic carbocycles. The maximum absolute atomic E-state index is 10.6. The van der Waals surface area contributed by atoms with Crippen molar-refractivity contribution in [1.82, 2.24) is 0 Å². The van der Waals surface area contributed by atoms with E-state index in [2.05, 4.69) is 33.8 Å². The van der Waals surface area contributed by atoms with E-state index in [4.69, 9.17) is 4.74 Å². The Morgan fingerprint density at radius 2 is 2.05 bits per heavy atom. The van der Waals surface area contributed by atoms with Crippen LogP contribution in [0.25, 0.3) is 0 Å². The summed E-state index contributed by atoms with van der Waals surface area (Å²) >= 11 is 0. The van der Waals surface area contributed by atoms with Gasteiger partial charge in [-0.05, 0) is 55.2 Å². The number of hydrogen-bond donors (Lipinski definition) is 1. The highest BCUT2D eigenvalue weighted by atomic mass is 16.5. The standard InChI is InChI=1S/C19H26O2/c1-5-6-11-9-13(20)15-14(10-11)21-19(4)8-7-12-16(19)17(15)18(12,2)3/h9-10,12,16-17,20H,5-8H2,1-4H3/t12?,16?,17-,19-/m1/s1. The highest BCUT2D eigenvalue weighted by Crippen LogP contribution is 2.74. The van der Waals surface area contributed by atoms with Gasteiger partial charge in [-0.25, -0.2) is 0 Å². The normalized spacial score (nSPS) is 38.2. The van der Waals surface area contributed by atoms with Gasteiger partial charge in [0.2, 0.25) is 0 Å². The number of phenols is 1. The van der Waals surface area contributed by atoms with Crippen LogP contribution in [0.5, 0.6) is 11.5 Å². The van der Waals surface area contributed by atoms with Gasteiger partial charge in [-0.3, -0.25) is 0 Å². The van der Waals surface area contributed by atoms with E-state index in [1.54, 1.807) is 0 Å². The molecule has 2 saturated carbocycles. The Balaban J connectivity index is 1.86. The molecule has 2 unspecified atom stereocenters. The molecule has 1 N–H and O–H groups in total. The molecule has 0 radical (unpaired) electrons. The van der Waals surface area contributed by atoms with Crippen LogP contribution in [-0.4, -0.2) is 10.7 Å². The minimum atomic E-state index is -0.0187. The summed E-state index contributed by atoms with van der Waals surface area (Å²) in [6.45, 7) is 9.20. The van der Waals surface area contributed by atoms with Gasteiger partial charge in [-0.2, -0.15) is 0 Å². The molecule has 4 atom stereocenters. The average molecular weight is 286 g/mol. The van der Waals surface area contributed by atoms with Crippen molar-refractivity contribution in [2.75, 3.05) is 0 Å². The number of rotatable bonds is 2. The molecule has 0 aromatic heterocycles. The summed E-state index contributed by atoms with van der Waals surface area (Å²) in [7, 11) is 0. The number of fused-ring (bicyclic) bond motifs is 2. The summed E-state index contributed by atoms with van der Waals surface area (Å²) in [5.41, 5.74) is 2.54. The molecule has 2 nitrogen and oxygen atoms in total. The van der Waals surface area contributed by atoms with Gasteiger partial charge in [0.15, 0.2) is 0 Å². The van der Waals surface area contributed by atoms with Crippen LogP contribution in [0.15, 0.2) is 12.1 Å². The van der Waals surface area contributed by atoms with Crippen LogP contribution in [0.1, 0.15) is 64.0 Å². The average Bonchev–Trinajstić information content (AvgIpc) is 2.72. The molecule has 21 heavy (non-hydrogen) atoms. The fourth-order valence-electron chi connectivity index (χ4n) is 5.63. The number of hydrogen-bond acceptors (Lipinski definition) is 2. The van der Waals surface area contributed by atoms with Crippen LogP contribution >= 0.6 is 0 Å². The van der Waals surface area contributed by atoms with E-state index in [-0.39, 0.29) is 11.0 Å².